The molecule has 2 atom stereocenters. The molecule has 18 heavy (non-hydrogen) atoms. The minimum absolute atomic E-state index is 0.245. The first kappa shape index (κ1) is 15.2. The van der Waals surface area contributed by atoms with Gasteiger partial charge < -0.3 is 10.4 Å². The lowest BCUT2D eigenvalue weighted by Gasteiger charge is -2.16. The van der Waals surface area contributed by atoms with E-state index in [0.717, 1.165) is 15.1 Å². The van der Waals surface area contributed by atoms with E-state index in [4.69, 9.17) is 5.11 Å². The fourth-order valence-corrected chi connectivity index (χ4v) is 3.01. The molecule has 0 aliphatic carbocycles. The number of carbonyl (C=O) groups is 2. The Labute approximate surface area is 119 Å². The molecule has 1 rings (SSSR count). The zero-order valence-electron chi connectivity index (χ0n) is 10.3. The summed E-state index contributed by atoms with van der Waals surface area (Å²) in [5.74, 6) is -1.56. The Balaban J connectivity index is 2.66. The van der Waals surface area contributed by atoms with Crippen molar-refractivity contribution in [2.45, 2.75) is 38.6 Å². The van der Waals surface area contributed by atoms with Gasteiger partial charge in [-0.2, -0.15) is 0 Å². The maximum Gasteiger partial charge on any atom is 0.326 e. The van der Waals surface area contributed by atoms with Crippen LogP contribution in [0.3, 0.4) is 0 Å². The van der Waals surface area contributed by atoms with E-state index in [1.54, 1.807) is 6.92 Å². The van der Waals surface area contributed by atoms with E-state index >= 15 is 0 Å². The van der Waals surface area contributed by atoms with Crippen molar-refractivity contribution in [3.63, 3.8) is 0 Å². The van der Waals surface area contributed by atoms with Crippen molar-refractivity contribution in [3.8, 4) is 0 Å². The molecular formula is C12H16BrNO3S. The Hall–Kier alpha value is -0.880. The molecule has 0 saturated carbocycles. The molecule has 0 aliphatic rings. The number of amides is 1. The molecule has 0 aromatic carbocycles. The van der Waals surface area contributed by atoms with Gasteiger partial charge >= 0.3 is 5.97 Å². The smallest absolute Gasteiger partial charge is 0.326 e. The van der Waals surface area contributed by atoms with Crippen LogP contribution in [0, 0.1) is 0 Å². The molecule has 1 amide bonds. The molecule has 100 valence electrons. The van der Waals surface area contributed by atoms with Crippen molar-refractivity contribution in [2.75, 3.05) is 0 Å². The summed E-state index contributed by atoms with van der Waals surface area (Å²) in [6.07, 6.45) is 1.16. The van der Waals surface area contributed by atoms with Crippen molar-refractivity contribution in [3.05, 3.63) is 20.8 Å². The van der Waals surface area contributed by atoms with E-state index < -0.39 is 12.0 Å². The van der Waals surface area contributed by atoms with Gasteiger partial charge in [0.05, 0.1) is 9.70 Å². The van der Waals surface area contributed by atoms with E-state index in [-0.39, 0.29) is 11.8 Å². The summed E-state index contributed by atoms with van der Waals surface area (Å²) < 4.78 is 0.959. The monoisotopic (exact) mass is 333 g/mol. The van der Waals surface area contributed by atoms with Crippen LogP contribution in [0.25, 0.3) is 0 Å². The van der Waals surface area contributed by atoms with Crippen LogP contribution in [0.1, 0.15) is 37.5 Å². The van der Waals surface area contributed by atoms with Crippen molar-refractivity contribution < 1.29 is 14.7 Å². The van der Waals surface area contributed by atoms with E-state index in [2.05, 4.69) is 21.2 Å². The lowest BCUT2D eigenvalue weighted by atomic mass is 10.1. The van der Waals surface area contributed by atoms with Crippen molar-refractivity contribution in [2.24, 2.45) is 0 Å². The Morgan fingerprint density at radius 2 is 2.17 bits per heavy atom. The first-order chi connectivity index (χ1) is 8.45. The third kappa shape index (κ3) is 4.10. The number of rotatable bonds is 6. The SMILES string of the molecule is CCCC(NC(=O)C(C)c1ccc(Br)s1)C(=O)O. The summed E-state index contributed by atoms with van der Waals surface area (Å²) in [7, 11) is 0. The lowest BCUT2D eigenvalue weighted by Crippen LogP contribution is -2.42. The molecule has 2 unspecified atom stereocenters. The zero-order valence-corrected chi connectivity index (χ0v) is 12.7. The molecule has 1 heterocycles. The highest BCUT2D eigenvalue weighted by molar-refractivity contribution is 9.11. The van der Waals surface area contributed by atoms with Gasteiger partial charge in [-0.15, -0.1) is 11.3 Å². The lowest BCUT2D eigenvalue weighted by molar-refractivity contribution is -0.142. The van der Waals surface area contributed by atoms with Gasteiger partial charge in [0.15, 0.2) is 0 Å². The average Bonchev–Trinajstić information content (AvgIpc) is 2.74. The van der Waals surface area contributed by atoms with Crippen LogP contribution in [0.5, 0.6) is 0 Å². The normalized spacial score (nSPS) is 13.9. The van der Waals surface area contributed by atoms with E-state index in [1.165, 1.54) is 11.3 Å². The number of carboxylic acid groups (broad SMARTS) is 1. The Morgan fingerprint density at radius 3 is 2.61 bits per heavy atom. The van der Waals surface area contributed by atoms with Crippen LogP contribution in [0.4, 0.5) is 0 Å². The Morgan fingerprint density at radius 1 is 1.50 bits per heavy atom. The van der Waals surface area contributed by atoms with Gasteiger partial charge in [0.25, 0.3) is 0 Å². The molecule has 0 saturated heterocycles. The molecule has 4 nitrogen and oxygen atoms in total. The number of hydrogen-bond donors (Lipinski definition) is 2. The second-order valence-electron chi connectivity index (χ2n) is 4.05. The van der Waals surface area contributed by atoms with Crippen LogP contribution >= 0.6 is 27.3 Å². The van der Waals surface area contributed by atoms with E-state index in [0.29, 0.717) is 6.42 Å². The maximum absolute atomic E-state index is 12.0. The van der Waals surface area contributed by atoms with Gasteiger partial charge in [-0.3, -0.25) is 4.79 Å². The number of nitrogens with one attached hydrogen (secondary N) is 1. The summed E-state index contributed by atoms with van der Waals surface area (Å²) >= 11 is 4.82. The predicted octanol–water partition coefficient (Wildman–Crippen LogP) is 2.98. The largest absolute Gasteiger partial charge is 0.480 e. The topological polar surface area (TPSA) is 66.4 Å². The number of hydrogen-bond acceptors (Lipinski definition) is 3. The molecule has 0 spiro atoms. The summed E-state index contributed by atoms with van der Waals surface area (Å²) in [5.41, 5.74) is 0. The van der Waals surface area contributed by atoms with Crippen molar-refractivity contribution in [1.29, 1.82) is 0 Å². The van der Waals surface area contributed by atoms with Crippen LogP contribution in [-0.4, -0.2) is 23.0 Å². The predicted molar refractivity (Wildman–Crippen MR) is 74.9 cm³/mol. The summed E-state index contributed by atoms with van der Waals surface area (Å²) in [6.45, 7) is 3.67. The summed E-state index contributed by atoms with van der Waals surface area (Å²) in [6, 6.07) is 2.95. The first-order valence-corrected chi connectivity index (χ1v) is 7.35. The number of aliphatic carboxylic acids is 1. The van der Waals surface area contributed by atoms with Crippen LogP contribution < -0.4 is 5.32 Å². The van der Waals surface area contributed by atoms with Gasteiger partial charge in [-0.05, 0) is 41.4 Å². The minimum Gasteiger partial charge on any atom is -0.480 e. The van der Waals surface area contributed by atoms with Gasteiger partial charge in [0.2, 0.25) is 5.91 Å². The molecule has 2 N–H and O–H groups in total. The second kappa shape index (κ2) is 6.89. The van der Waals surface area contributed by atoms with Crippen LogP contribution in [-0.2, 0) is 9.59 Å². The summed E-state index contributed by atoms with van der Waals surface area (Å²) in [5, 5.41) is 11.6. The average molecular weight is 334 g/mol. The zero-order chi connectivity index (χ0) is 13.7. The van der Waals surface area contributed by atoms with Gasteiger partial charge in [0.1, 0.15) is 6.04 Å². The quantitative estimate of drug-likeness (QED) is 0.840. The molecule has 1 aromatic rings. The number of thiophene rings is 1. The van der Waals surface area contributed by atoms with Crippen molar-refractivity contribution >= 4 is 39.1 Å². The number of carbonyl (C=O) groups excluding carboxylic acids is 1. The fourth-order valence-electron chi connectivity index (χ4n) is 1.53. The molecular weight excluding hydrogens is 318 g/mol. The van der Waals surface area contributed by atoms with Gasteiger partial charge in [0, 0.05) is 4.88 Å². The third-order valence-electron chi connectivity index (χ3n) is 2.61. The first-order valence-electron chi connectivity index (χ1n) is 5.74. The molecule has 1 aromatic heterocycles. The van der Waals surface area contributed by atoms with Gasteiger partial charge in [-0.25, -0.2) is 4.79 Å². The second-order valence-corrected chi connectivity index (χ2v) is 6.55. The fraction of sp³-hybridized carbons (Fsp3) is 0.500. The number of carboxylic acids is 1. The molecule has 0 aliphatic heterocycles. The van der Waals surface area contributed by atoms with E-state index in [1.807, 2.05) is 19.1 Å². The highest BCUT2D eigenvalue weighted by Crippen LogP contribution is 2.28. The Bertz CT molecular complexity index is 433. The van der Waals surface area contributed by atoms with Crippen LogP contribution in [0.15, 0.2) is 15.9 Å². The standard InChI is InChI=1S/C12H16BrNO3S/c1-3-4-8(12(16)17)14-11(15)7(2)9-5-6-10(13)18-9/h5-8H,3-4H2,1-2H3,(H,14,15)(H,16,17). The molecule has 6 heteroatoms. The maximum atomic E-state index is 12.0. The molecule has 0 fully saturated rings. The Kier molecular flexibility index (Phi) is 5.81. The number of halogens is 1. The highest BCUT2D eigenvalue weighted by Gasteiger charge is 2.23. The molecule has 0 bridgehead atoms. The minimum atomic E-state index is -0.982. The van der Waals surface area contributed by atoms with Gasteiger partial charge in [-0.1, -0.05) is 13.3 Å². The highest BCUT2D eigenvalue weighted by atomic mass is 79.9. The molecule has 0 radical (unpaired) electrons. The third-order valence-corrected chi connectivity index (χ3v) is 4.41. The van der Waals surface area contributed by atoms with Crippen LogP contribution in [0.2, 0.25) is 0 Å². The summed E-state index contributed by atoms with van der Waals surface area (Å²) in [4.78, 5) is 23.8. The van der Waals surface area contributed by atoms with Crippen molar-refractivity contribution in [1.82, 2.24) is 5.32 Å². The van der Waals surface area contributed by atoms with E-state index in [9.17, 15) is 9.59 Å².